The summed E-state index contributed by atoms with van der Waals surface area (Å²) < 4.78 is 13.3. The van der Waals surface area contributed by atoms with Gasteiger partial charge < -0.3 is 5.32 Å². The van der Waals surface area contributed by atoms with Gasteiger partial charge in [0.2, 0.25) is 0 Å². The van der Waals surface area contributed by atoms with Gasteiger partial charge in [-0.3, -0.25) is 0 Å². The van der Waals surface area contributed by atoms with E-state index in [1.807, 2.05) is 6.92 Å². The van der Waals surface area contributed by atoms with Crippen molar-refractivity contribution in [3.63, 3.8) is 0 Å². The first-order valence-corrected chi connectivity index (χ1v) is 7.57. The molecule has 0 aliphatic carbocycles. The quantitative estimate of drug-likeness (QED) is 0.764. The molecule has 0 saturated carbocycles. The second-order valence-corrected chi connectivity index (χ2v) is 6.16. The lowest BCUT2D eigenvalue weighted by Crippen LogP contribution is -2.08. The Bertz CT molecular complexity index is 587. The van der Waals surface area contributed by atoms with Gasteiger partial charge in [0.25, 0.3) is 0 Å². The maximum Gasteiger partial charge on any atom is 0.125 e. The van der Waals surface area contributed by atoms with Gasteiger partial charge in [-0.15, -0.1) is 0 Å². The van der Waals surface area contributed by atoms with E-state index in [0.29, 0.717) is 5.92 Å². The number of anilines is 1. The van der Waals surface area contributed by atoms with E-state index in [1.54, 1.807) is 12.1 Å². The average molecular weight is 285 g/mol. The van der Waals surface area contributed by atoms with Gasteiger partial charge >= 0.3 is 0 Å². The van der Waals surface area contributed by atoms with Crippen LogP contribution in [0.4, 0.5) is 10.1 Å². The molecule has 0 amide bonds. The number of aryl methyl sites for hydroxylation is 1. The highest BCUT2D eigenvalue weighted by molar-refractivity contribution is 5.52. The third kappa shape index (κ3) is 4.32. The Morgan fingerprint density at radius 2 is 1.67 bits per heavy atom. The van der Waals surface area contributed by atoms with Crippen molar-refractivity contribution in [2.24, 2.45) is 5.92 Å². The lowest BCUT2D eigenvalue weighted by atomic mass is 9.99. The van der Waals surface area contributed by atoms with Crippen LogP contribution in [0.3, 0.4) is 0 Å². The van der Waals surface area contributed by atoms with E-state index in [0.717, 1.165) is 17.7 Å². The number of hydrogen-bond donors (Lipinski definition) is 1. The largest absolute Gasteiger partial charge is 0.378 e. The first-order valence-electron chi connectivity index (χ1n) is 7.57. The van der Waals surface area contributed by atoms with Crippen LogP contribution < -0.4 is 5.32 Å². The summed E-state index contributed by atoms with van der Waals surface area (Å²) in [6.45, 7) is 8.54. The van der Waals surface area contributed by atoms with Crippen molar-refractivity contribution in [3.05, 3.63) is 65.0 Å². The first kappa shape index (κ1) is 15.6. The number of rotatable bonds is 5. The molecule has 2 aromatic carbocycles. The molecule has 0 aromatic heterocycles. The maximum atomic E-state index is 13.3. The van der Waals surface area contributed by atoms with Crippen LogP contribution in [0.15, 0.2) is 42.5 Å². The smallest absolute Gasteiger partial charge is 0.125 e. The third-order valence-corrected chi connectivity index (χ3v) is 3.70. The van der Waals surface area contributed by atoms with Crippen LogP contribution in [-0.4, -0.2) is 0 Å². The molecule has 0 aliphatic heterocycles. The van der Waals surface area contributed by atoms with Crippen molar-refractivity contribution in [2.45, 2.75) is 40.2 Å². The molecular weight excluding hydrogens is 261 g/mol. The number of hydrogen-bond acceptors (Lipinski definition) is 1. The molecule has 0 saturated heterocycles. The summed E-state index contributed by atoms with van der Waals surface area (Å²) >= 11 is 0. The minimum Gasteiger partial charge on any atom is -0.378 e. The molecular formula is C19H24FN. The summed E-state index contributed by atoms with van der Waals surface area (Å²) in [4.78, 5) is 0. The van der Waals surface area contributed by atoms with Gasteiger partial charge in [-0.05, 0) is 55.0 Å². The second-order valence-electron chi connectivity index (χ2n) is 6.16. The van der Waals surface area contributed by atoms with Crippen LogP contribution in [0.2, 0.25) is 0 Å². The number of halogens is 1. The molecule has 0 bridgehead atoms. The van der Waals surface area contributed by atoms with Crippen molar-refractivity contribution in [1.82, 2.24) is 0 Å². The van der Waals surface area contributed by atoms with E-state index in [9.17, 15) is 4.39 Å². The van der Waals surface area contributed by atoms with Crippen LogP contribution in [0.5, 0.6) is 0 Å². The molecule has 0 fully saturated rings. The van der Waals surface area contributed by atoms with Crippen LogP contribution in [0, 0.1) is 18.7 Å². The number of nitrogens with one attached hydrogen (secondary N) is 1. The minimum atomic E-state index is -0.206. The van der Waals surface area contributed by atoms with E-state index >= 15 is 0 Å². The summed E-state index contributed by atoms with van der Waals surface area (Å²) in [5, 5.41) is 3.39. The first-order chi connectivity index (χ1) is 9.95. The molecule has 112 valence electrons. The topological polar surface area (TPSA) is 12.0 Å². The highest BCUT2D eigenvalue weighted by Crippen LogP contribution is 2.23. The van der Waals surface area contributed by atoms with Gasteiger partial charge in [-0.2, -0.15) is 0 Å². The van der Waals surface area contributed by atoms with Gasteiger partial charge in [0.15, 0.2) is 0 Å². The Morgan fingerprint density at radius 3 is 2.29 bits per heavy atom. The predicted molar refractivity (Wildman–Crippen MR) is 88.2 cm³/mol. The Kier molecular flexibility index (Phi) is 5.00. The molecule has 1 unspecified atom stereocenters. The summed E-state index contributed by atoms with van der Waals surface area (Å²) in [7, 11) is 0. The molecule has 0 heterocycles. The molecule has 2 heteroatoms. The van der Waals surface area contributed by atoms with Gasteiger partial charge in [-0.25, -0.2) is 4.39 Å². The Hall–Kier alpha value is -1.83. The summed E-state index contributed by atoms with van der Waals surface area (Å²) in [5.41, 5.74) is 4.49. The molecule has 2 aromatic rings. The fourth-order valence-corrected chi connectivity index (χ4v) is 2.48. The second kappa shape index (κ2) is 6.75. The standard InChI is InChI=1S/C19H24FN/c1-13(2)11-16-6-8-17(9-7-16)15(4)21-19-12-18(20)10-5-14(19)3/h5-10,12-13,15,21H,11H2,1-4H3. The monoisotopic (exact) mass is 285 g/mol. The molecule has 0 aliphatic rings. The van der Waals surface area contributed by atoms with E-state index < -0.39 is 0 Å². The predicted octanol–water partition coefficient (Wildman–Crippen LogP) is 5.51. The van der Waals surface area contributed by atoms with Crippen molar-refractivity contribution < 1.29 is 4.39 Å². The summed E-state index contributed by atoms with van der Waals surface area (Å²) in [6, 6.07) is 13.7. The molecule has 21 heavy (non-hydrogen) atoms. The lowest BCUT2D eigenvalue weighted by molar-refractivity contribution is 0.627. The zero-order valence-electron chi connectivity index (χ0n) is 13.3. The number of benzene rings is 2. The average Bonchev–Trinajstić information content (AvgIpc) is 2.43. The van der Waals surface area contributed by atoms with Crippen molar-refractivity contribution in [1.29, 1.82) is 0 Å². The Balaban J connectivity index is 2.09. The van der Waals surface area contributed by atoms with Gasteiger partial charge in [0, 0.05) is 11.7 Å². The van der Waals surface area contributed by atoms with Crippen LogP contribution in [0.1, 0.15) is 43.5 Å². The van der Waals surface area contributed by atoms with Crippen LogP contribution >= 0.6 is 0 Å². The summed E-state index contributed by atoms with van der Waals surface area (Å²) in [5.74, 6) is 0.462. The SMILES string of the molecule is Cc1ccc(F)cc1NC(C)c1ccc(CC(C)C)cc1. The highest BCUT2D eigenvalue weighted by Gasteiger charge is 2.08. The minimum absolute atomic E-state index is 0.151. The third-order valence-electron chi connectivity index (χ3n) is 3.70. The van der Waals surface area contributed by atoms with E-state index in [4.69, 9.17) is 0 Å². The normalized spacial score (nSPS) is 12.5. The van der Waals surface area contributed by atoms with Crippen molar-refractivity contribution in [3.8, 4) is 0 Å². The lowest BCUT2D eigenvalue weighted by Gasteiger charge is -2.18. The highest BCUT2D eigenvalue weighted by atomic mass is 19.1. The van der Waals surface area contributed by atoms with E-state index in [2.05, 4.69) is 50.4 Å². The molecule has 1 nitrogen and oxygen atoms in total. The maximum absolute atomic E-state index is 13.3. The van der Waals surface area contributed by atoms with E-state index in [1.165, 1.54) is 17.2 Å². The van der Waals surface area contributed by atoms with Crippen molar-refractivity contribution >= 4 is 5.69 Å². The summed E-state index contributed by atoms with van der Waals surface area (Å²) in [6.07, 6.45) is 1.10. The van der Waals surface area contributed by atoms with Gasteiger partial charge in [-0.1, -0.05) is 44.2 Å². The van der Waals surface area contributed by atoms with Crippen molar-refractivity contribution in [2.75, 3.05) is 5.32 Å². The molecule has 2 rings (SSSR count). The molecule has 1 N–H and O–H groups in total. The fourth-order valence-electron chi connectivity index (χ4n) is 2.48. The van der Waals surface area contributed by atoms with Gasteiger partial charge in [0.05, 0.1) is 0 Å². The Morgan fingerprint density at radius 1 is 1.00 bits per heavy atom. The molecule has 0 radical (unpaired) electrons. The zero-order chi connectivity index (χ0) is 15.4. The zero-order valence-corrected chi connectivity index (χ0v) is 13.3. The molecule has 0 spiro atoms. The van der Waals surface area contributed by atoms with Gasteiger partial charge in [0.1, 0.15) is 5.82 Å². The van der Waals surface area contributed by atoms with Crippen LogP contribution in [-0.2, 0) is 6.42 Å². The Labute approximate surface area is 127 Å². The van der Waals surface area contributed by atoms with Crippen LogP contribution in [0.25, 0.3) is 0 Å². The molecule has 1 atom stereocenters. The van der Waals surface area contributed by atoms with E-state index in [-0.39, 0.29) is 11.9 Å². The fraction of sp³-hybridized carbons (Fsp3) is 0.368.